The first kappa shape index (κ1) is 17.9. The highest BCUT2D eigenvalue weighted by Gasteiger charge is 2.24. The number of para-hydroxylation sites is 1. The van der Waals surface area contributed by atoms with Crippen molar-refractivity contribution in [2.45, 2.75) is 25.7 Å². The number of aryl methyl sites for hydroxylation is 2. The molecule has 0 aliphatic rings. The van der Waals surface area contributed by atoms with Crippen molar-refractivity contribution in [2.75, 3.05) is 16.2 Å². The quantitative estimate of drug-likeness (QED) is 0.711. The minimum absolute atomic E-state index is 0.0565. The number of nitrogens with one attached hydrogen (secondary N) is 1. The number of hydrogen-bond acceptors (Lipinski definition) is 6. The summed E-state index contributed by atoms with van der Waals surface area (Å²) in [5.74, 6) is 0.986. The van der Waals surface area contributed by atoms with Crippen LogP contribution < -0.4 is 9.62 Å². The van der Waals surface area contributed by atoms with Crippen LogP contribution in [0.15, 0.2) is 58.1 Å². The van der Waals surface area contributed by atoms with Crippen LogP contribution in [-0.4, -0.2) is 25.1 Å². The lowest BCUT2D eigenvalue weighted by Gasteiger charge is -2.22. The van der Waals surface area contributed by atoms with Crippen LogP contribution in [0.25, 0.3) is 0 Å². The Kier molecular flexibility index (Phi) is 4.94. The molecule has 136 valence electrons. The molecule has 0 aliphatic carbocycles. The van der Waals surface area contributed by atoms with Gasteiger partial charge in [0.25, 0.3) is 10.0 Å². The summed E-state index contributed by atoms with van der Waals surface area (Å²) in [4.78, 5) is 6.49. The number of aromatic nitrogens is 2. The molecule has 26 heavy (non-hydrogen) atoms. The smallest absolute Gasteiger partial charge is 0.267 e. The van der Waals surface area contributed by atoms with Crippen LogP contribution in [-0.2, 0) is 10.0 Å². The molecule has 0 unspecified atom stereocenters. The van der Waals surface area contributed by atoms with E-state index in [4.69, 9.17) is 4.52 Å². The van der Waals surface area contributed by atoms with E-state index in [1.54, 1.807) is 26.0 Å². The predicted octanol–water partition coefficient (Wildman–Crippen LogP) is 3.65. The molecule has 1 N–H and O–H groups in total. The fourth-order valence-corrected chi connectivity index (χ4v) is 4.13. The summed E-state index contributed by atoms with van der Waals surface area (Å²) < 4.78 is 32.6. The van der Waals surface area contributed by atoms with Crippen molar-refractivity contribution >= 4 is 27.2 Å². The van der Waals surface area contributed by atoms with Crippen LogP contribution in [0.4, 0.5) is 17.2 Å². The van der Waals surface area contributed by atoms with Crippen LogP contribution in [0.2, 0.25) is 0 Å². The molecule has 0 saturated heterocycles. The molecular formula is C18H20N4O3S. The van der Waals surface area contributed by atoms with Gasteiger partial charge in [-0.25, -0.2) is 13.4 Å². The molecule has 0 atom stereocenters. The lowest BCUT2D eigenvalue weighted by Crippen LogP contribution is -2.18. The van der Waals surface area contributed by atoms with Crippen LogP contribution in [0.5, 0.6) is 0 Å². The monoisotopic (exact) mass is 372 g/mol. The van der Waals surface area contributed by atoms with Gasteiger partial charge in [-0.3, -0.25) is 4.72 Å². The van der Waals surface area contributed by atoms with Gasteiger partial charge in [-0.05, 0) is 45.0 Å². The zero-order valence-electron chi connectivity index (χ0n) is 14.8. The Balaban J connectivity index is 1.84. The molecule has 0 aliphatic heterocycles. The van der Waals surface area contributed by atoms with Gasteiger partial charge in [-0.1, -0.05) is 23.4 Å². The Bertz CT molecular complexity index is 964. The van der Waals surface area contributed by atoms with E-state index in [1.807, 2.05) is 42.2 Å². The number of nitrogens with zero attached hydrogens (tertiary/aromatic N) is 3. The van der Waals surface area contributed by atoms with Gasteiger partial charge in [-0.15, -0.1) is 0 Å². The number of anilines is 3. The molecule has 0 radical (unpaired) electrons. The van der Waals surface area contributed by atoms with Crippen molar-refractivity contribution in [3.63, 3.8) is 0 Å². The Morgan fingerprint density at radius 1 is 1.12 bits per heavy atom. The van der Waals surface area contributed by atoms with E-state index < -0.39 is 10.0 Å². The van der Waals surface area contributed by atoms with Gasteiger partial charge in [0, 0.05) is 12.2 Å². The molecule has 3 aromatic rings. The van der Waals surface area contributed by atoms with E-state index in [-0.39, 0.29) is 10.7 Å². The Labute approximate surface area is 152 Å². The molecule has 1 aromatic carbocycles. The summed E-state index contributed by atoms with van der Waals surface area (Å²) >= 11 is 0. The van der Waals surface area contributed by atoms with Gasteiger partial charge in [0.1, 0.15) is 11.5 Å². The Morgan fingerprint density at radius 2 is 1.85 bits per heavy atom. The fraction of sp³-hybridized carbons (Fsp3) is 0.222. The fourth-order valence-electron chi connectivity index (χ4n) is 2.76. The van der Waals surface area contributed by atoms with Crippen molar-refractivity contribution in [2.24, 2.45) is 0 Å². The van der Waals surface area contributed by atoms with Crippen molar-refractivity contribution in [1.29, 1.82) is 0 Å². The normalized spacial score (nSPS) is 11.3. The molecule has 0 amide bonds. The van der Waals surface area contributed by atoms with E-state index in [9.17, 15) is 8.42 Å². The molecule has 2 heterocycles. The zero-order valence-corrected chi connectivity index (χ0v) is 15.6. The van der Waals surface area contributed by atoms with Crippen molar-refractivity contribution < 1.29 is 12.9 Å². The predicted molar refractivity (Wildman–Crippen MR) is 100 cm³/mol. The summed E-state index contributed by atoms with van der Waals surface area (Å²) in [5, 5.41) is 3.69. The molecular weight excluding hydrogens is 352 g/mol. The van der Waals surface area contributed by atoms with E-state index in [2.05, 4.69) is 14.9 Å². The summed E-state index contributed by atoms with van der Waals surface area (Å²) in [7, 11) is -3.78. The molecule has 0 fully saturated rings. The third kappa shape index (κ3) is 3.55. The van der Waals surface area contributed by atoms with E-state index in [0.717, 1.165) is 18.1 Å². The number of sulfonamides is 1. The molecule has 7 nitrogen and oxygen atoms in total. The standard InChI is InChI=1S/C18H20N4O3S/c1-4-22(16-8-6-5-7-9-16)17-11-10-15(12-19-17)21-26(23,24)18-13(2)20-25-14(18)3/h5-12,21H,4H2,1-3H3. The first-order valence-electron chi connectivity index (χ1n) is 8.16. The number of hydrogen-bond donors (Lipinski definition) is 1. The maximum Gasteiger partial charge on any atom is 0.267 e. The van der Waals surface area contributed by atoms with E-state index >= 15 is 0 Å². The summed E-state index contributed by atoms with van der Waals surface area (Å²) in [6, 6.07) is 13.3. The third-order valence-corrected chi connectivity index (χ3v) is 5.52. The number of pyridine rings is 1. The molecule has 3 rings (SSSR count). The van der Waals surface area contributed by atoms with Gasteiger partial charge in [0.15, 0.2) is 10.7 Å². The maximum absolute atomic E-state index is 12.6. The summed E-state index contributed by atoms with van der Waals surface area (Å²) in [6.45, 7) is 5.92. The van der Waals surface area contributed by atoms with Gasteiger partial charge in [-0.2, -0.15) is 0 Å². The topological polar surface area (TPSA) is 88.3 Å². The van der Waals surface area contributed by atoms with Crippen LogP contribution >= 0.6 is 0 Å². The second-order valence-corrected chi connectivity index (χ2v) is 7.36. The lowest BCUT2D eigenvalue weighted by atomic mass is 10.3. The molecule has 0 saturated carbocycles. The van der Waals surface area contributed by atoms with Crippen molar-refractivity contribution in [3.05, 3.63) is 60.1 Å². The highest BCUT2D eigenvalue weighted by molar-refractivity contribution is 7.92. The second kappa shape index (κ2) is 7.17. The van der Waals surface area contributed by atoms with Crippen molar-refractivity contribution in [3.8, 4) is 0 Å². The second-order valence-electron chi connectivity index (χ2n) is 5.74. The van der Waals surface area contributed by atoms with E-state index in [1.165, 1.54) is 6.20 Å². The number of rotatable bonds is 6. The highest BCUT2D eigenvalue weighted by Crippen LogP contribution is 2.25. The van der Waals surface area contributed by atoms with Crippen LogP contribution in [0.1, 0.15) is 18.4 Å². The minimum atomic E-state index is -3.78. The number of benzene rings is 1. The summed E-state index contributed by atoms with van der Waals surface area (Å²) in [6.07, 6.45) is 1.50. The minimum Gasteiger partial charge on any atom is -0.360 e. The third-order valence-electron chi connectivity index (χ3n) is 3.90. The SMILES string of the molecule is CCN(c1ccccc1)c1ccc(NS(=O)(=O)c2c(C)noc2C)cn1. The van der Waals surface area contributed by atoms with Gasteiger partial charge < -0.3 is 9.42 Å². The van der Waals surface area contributed by atoms with Gasteiger partial charge in [0.05, 0.1) is 11.9 Å². The average molecular weight is 372 g/mol. The summed E-state index contributed by atoms with van der Waals surface area (Å²) in [5.41, 5.74) is 1.71. The molecule has 0 bridgehead atoms. The zero-order chi connectivity index (χ0) is 18.7. The van der Waals surface area contributed by atoms with E-state index in [0.29, 0.717) is 11.4 Å². The van der Waals surface area contributed by atoms with Crippen LogP contribution in [0.3, 0.4) is 0 Å². The lowest BCUT2D eigenvalue weighted by molar-refractivity contribution is 0.390. The highest BCUT2D eigenvalue weighted by atomic mass is 32.2. The largest absolute Gasteiger partial charge is 0.360 e. The van der Waals surface area contributed by atoms with Crippen molar-refractivity contribution in [1.82, 2.24) is 10.1 Å². The molecule has 2 aromatic heterocycles. The molecule has 8 heteroatoms. The first-order valence-corrected chi connectivity index (χ1v) is 9.65. The molecule has 0 spiro atoms. The van der Waals surface area contributed by atoms with Gasteiger partial charge >= 0.3 is 0 Å². The Hall–Kier alpha value is -2.87. The van der Waals surface area contributed by atoms with Gasteiger partial charge in [0.2, 0.25) is 0 Å². The maximum atomic E-state index is 12.6. The first-order chi connectivity index (χ1) is 12.4. The average Bonchev–Trinajstić information content (AvgIpc) is 2.97. The Morgan fingerprint density at radius 3 is 2.38 bits per heavy atom. The van der Waals surface area contributed by atoms with Crippen LogP contribution in [0, 0.1) is 13.8 Å².